The zero-order valence-electron chi connectivity index (χ0n) is 17.4. The van der Waals surface area contributed by atoms with E-state index < -0.39 is 0 Å². The average molecular weight is 378 g/mol. The highest BCUT2D eigenvalue weighted by Gasteiger charge is 2.14. The lowest BCUT2D eigenvalue weighted by atomic mass is 9.93. The van der Waals surface area contributed by atoms with E-state index in [9.17, 15) is 4.39 Å². The second kappa shape index (κ2) is 8.55. The maximum atomic E-state index is 13.5. The molecule has 0 spiro atoms. The first kappa shape index (κ1) is 20.1. The van der Waals surface area contributed by atoms with Gasteiger partial charge in [0.2, 0.25) is 0 Å². The molecule has 0 atom stereocenters. The first-order valence-corrected chi connectivity index (χ1v) is 9.91. The lowest BCUT2D eigenvalue weighted by Gasteiger charge is -2.17. The van der Waals surface area contributed by atoms with E-state index in [0.717, 1.165) is 35.4 Å². The molecular formula is C25H28FNO. The van der Waals surface area contributed by atoms with Gasteiger partial charge in [-0.25, -0.2) is 4.39 Å². The summed E-state index contributed by atoms with van der Waals surface area (Å²) in [7, 11) is 0. The number of aromatic nitrogens is 1. The van der Waals surface area contributed by atoms with Gasteiger partial charge in [0.25, 0.3) is 0 Å². The number of hydrogen-bond donors (Lipinski definition) is 0. The monoisotopic (exact) mass is 377 g/mol. The molecule has 1 aromatic heterocycles. The van der Waals surface area contributed by atoms with Crippen molar-refractivity contribution < 1.29 is 9.13 Å². The Hall–Kier alpha value is -2.68. The largest absolute Gasteiger partial charge is 0.489 e. The topological polar surface area (TPSA) is 22.1 Å². The second-order valence-electron chi connectivity index (χ2n) is 7.25. The fraction of sp³-hybridized carbons (Fsp3) is 0.320. The van der Waals surface area contributed by atoms with Crippen molar-refractivity contribution in [1.82, 2.24) is 4.98 Å². The molecule has 0 saturated carbocycles. The van der Waals surface area contributed by atoms with Crippen LogP contribution in [-0.4, -0.2) is 4.98 Å². The zero-order valence-corrected chi connectivity index (χ0v) is 17.4. The van der Waals surface area contributed by atoms with Crippen LogP contribution < -0.4 is 4.74 Å². The van der Waals surface area contributed by atoms with Crippen LogP contribution in [0.2, 0.25) is 0 Å². The van der Waals surface area contributed by atoms with Gasteiger partial charge in [-0.3, -0.25) is 4.98 Å². The fourth-order valence-electron chi connectivity index (χ4n) is 3.64. The molecule has 146 valence electrons. The highest BCUT2D eigenvalue weighted by Crippen LogP contribution is 2.30. The highest BCUT2D eigenvalue weighted by atomic mass is 19.1. The lowest BCUT2D eigenvalue weighted by molar-refractivity contribution is 0.303. The Labute approximate surface area is 167 Å². The third-order valence-electron chi connectivity index (χ3n) is 5.32. The molecule has 28 heavy (non-hydrogen) atoms. The first-order chi connectivity index (χ1) is 13.4. The molecule has 3 heteroatoms. The van der Waals surface area contributed by atoms with E-state index in [1.807, 2.05) is 6.92 Å². The Balaban J connectivity index is 1.93. The van der Waals surface area contributed by atoms with E-state index in [1.165, 1.54) is 22.8 Å². The summed E-state index contributed by atoms with van der Waals surface area (Å²) in [6.45, 7) is 10.7. The van der Waals surface area contributed by atoms with Crippen LogP contribution in [-0.2, 0) is 19.4 Å². The summed E-state index contributed by atoms with van der Waals surface area (Å²) in [6, 6.07) is 13.5. The minimum atomic E-state index is -0.216. The van der Waals surface area contributed by atoms with Gasteiger partial charge in [-0.05, 0) is 80.1 Å². The summed E-state index contributed by atoms with van der Waals surface area (Å²) in [6.07, 6.45) is 1.97. The highest BCUT2D eigenvalue weighted by molar-refractivity contribution is 5.69. The van der Waals surface area contributed by atoms with Crippen molar-refractivity contribution in [2.24, 2.45) is 0 Å². The number of pyridine rings is 1. The van der Waals surface area contributed by atoms with E-state index in [4.69, 9.17) is 9.72 Å². The van der Waals surface area contributed by atoms with Crippen LogP contribution >= 0.6 is 0 Å². The summed E-state index contributed by atoms with van der Waals surface area (Å²) in [4.78, 5) is 4.93. The fourth-order valence-corrected chi connectivity index (χ4v) is 3.64. The first-order valence-electron chi connectivity index (χ1n) is 9.91. The number of rotatable bonds is 6. The van der Waals surface area contributed by atoms with E-state index in [-0.39, 0.29) is 5.82 Å². The summed E-state index contributed by atoms with van der Waals surface area (Å²) in [5.41, 5.74) is 8.76. The van der Waals surface area contributed by atoms with E-state index in [1.54, 1.807) is 19.1 Å². The van der Waals surface area contributed by atoms with Crippen LogP contribution in [0.4, 0.5) is 4.39 Å². The maximum Gasteiger partial charge on any atom is 0.126 e. The number of benzene rings is 2. The molecule has 0 bridgehead atoms. The minimum Gasteiger partial charge on any atom is -0.489 e. The van der Waals surface area contributed by atoms with Gasteiger partial charge in [-0.15, -0.1) is 0 Å². The van der Waals surface area contributed by atoms with Gasteiger partial charge in [0.05, 0.1) is 5.69 Å². The summed E-state index contributed by atoms with van der Waals surface area (Å²) in [5.74, 6) is 0.457. The van der Waals surface area contributed by atoms with Crippen molar-refractivity contribution in [1.29, 1.82) is 0 Å². The third kappa shape index (κ3) is 4.09. The van der Waals surface area contributed by atoms with Gasteiger partial charge in [-0.2, -0.15) is 0 Å². The number of ether oxygens (including phenoxy) is 1. The van der Waals surface area contributed by atoms with Crippen molar-refractivity contribution in [3.05, 3.63) is 81.8 Å². The van der Waals surface area contributed by atoms with Crippen molar-refractivity contribution in [2.75, 3.05) is 0 Å². The molecule has 0 unspecified atom stereocenters. The van der Waals surface area contributed by atoms with Crippen molar-refractivity contribution in [3.8, 4) is 17.0 Å². The van der Waals surface area contributed by atoms with E-state index >= 15 is 0 Å². The van der Waals surface area contributed by atoms with Crippen LogP contribution in [0.5, 0.6) is 5.75 Å². The Morgan fingerprint density at radius 3 is 2.14 bits per heavy atom. The smallest absolute Gasteiger partial charge is 0.126 e. The molecule has 2 nitrogen and oxygen atoms in total. The summed E-state index contributed by atoms with van der Waals surface area (Å²) in [5, 5.41) is 0. The van der Waals surface area contributed by atoms with Crippen molar-refractivity contribution in [2.45, 2.75) is 54.1 Å². The molecule has 0 aliphatic heterocycles. The zero-order chi connectivity index (χ0) is 20.3. The van der Waals surface area contributed by atoms with Gasteiger partial charge in [0.15, 0.2) is 0 Å². The molecule has 3 rings (SSSR count). The van der Waals surface area contributed by atoms with E-state index in [0.29, 0.717) is 17.9 Å². The lowest BCUT2D eigenvalue weighted by Crippen LogP contribution is -2.05. The Bertz CT molecular complexity index is 949. The van der Waals surface area contributed by atoms with Crippen LogP contribution in [0.3, 0.4) is 0 Å². The Morgan fingerprint density at radius 1 is 0.893 bits per heavy atom. The van der Waals surface area contributed by atoms with Gasteiger partial charge in [0, 0.05) is 16.8 Å². The molecule has 0 N–H and O–H groups in total. The van der Waals surface area contributed by atoms with E-state index in [2.05, 4.69) is 45.0 Å². The number of halogens is 1. The molecule has 0 fully saturated rings. The SMILES string of the molecule is CCc1cccc(CC)c1-c1cc(C)c(COc2ccc(F)c(C)c2)c(C)n1. The summed E-state index contributed by atoms with van der Waals surface area (Å²) < 4.78 is 19.4. The molecule has 0 saturated heterocycles. The standard InChI is InChI=1S/C25H28FNO/c1-6-19-9-8-10-20(7-2)25(19)24-14-16(3)22(18(5)27-24)15-28-21-11-12-23(26)17(4)13-21/h8-14H,6-7,15H2,1-5H3. The maximum absolute atomic E-state index is 13.5. The average Bonchev–Trinajstić information content (AvgIpc) is 2.69. The second-order valence-corrected chi connectivity index (χ2v) is 7.25. The molecule has 3 aromatic rings. The normalized spacial score (nSPS) is 10.9. The molecule has 0 aliphatic carbocycles. The predicted molar refractivity (Wildman–Crippen MR) is 113 cm³/mol. The number of nitrogens with zero attached hydrogens (tertiary/aromatic N) is 1. The number of aryl methyl sites for hydroxylation is 5. The Kier molecular flexibility index (Phi) is 6.13. The van der Waals surface area contributed by atoms with Crippen molar-refractivity contribution >= 4 is 0 Å². The predicted octanol–water partition coefficient (Wildman–Crippen LogP) is 6.52. The molecule has 0 radical (unpaired) electrons. The molecule has 0 aliphatic rings. The number of hydrogen-bond acceptors (Lipinski definition) is 2. The quantitative estimate of drug-likeness (QED) is 0.488. The third-order valence-corrected chi connectivity index (χ3v) is 5.32. The van der Waals surface area contributed by atoms with Crippen LogP contribution in [0.15, 0.2) is 42.5 Å². The van der Waals surface area contributed by atoms with Crippen LogP contribution in [0.1, 0.15) is 47.4 Å². The van der Waals surface area contributed by atoms with Gasteiger partial charge in [0.1, 0.15) is 18.2 Å². The van der Waals surface area contributed by atoms with Gasteiger partial charge in [-0.1, -0.05) is 32.0 Å². The van der Waals surface area contributed by atoms with Crippen molar-refractivity contribution in [3.63, 3.8) is 0 Å². The van der Waals surface area contributed by atoms with Gasteiger partial charge < -0.3 is 4.74 Å². The molecular weight excluding hydrogens is 349 g/mol. The molecule has 1 heterocycles. The molecule has 2 aromatic carbocycles. The van der Waals surface area contributed by atoms with Gasteiger partial charge >= 0.3 is 0 Å². The Morgan fingerprint density at radius 2 is 1.57 bits per heavy atom. The minimum absolute atomic E-state index is 0.216. The molecule has 0 amide bonds. The summed E-state index contributed by atoms with van der Waals surface area (Å²) >= 11 is 0. The van der Waals surface area contributed by atoms with Crippen LogP contribution in [0, 0.1) is 26.6 Å². The van der Waals surface area contributed by atoms with Crippen LogP contribution in [0.25, 0.3) is 11.3 Å².